The highest BCUT2D eigenvalue weighted by atomic mass is 32.2. The van der Waals surface area contributed by atoms with Gasteiger partial charge in [-0.25, -0.2) is 8.42 Å². The standard InChI is InChI=1S/C23H28N2O5S2/c1-4-25(32(27,28)20-10-8-19(29-3)9-11-20)18-7-12-21-17(15-18)16-22(31-21)23(26)24-13-6-14-30-5-2/h7-12,15-16H,4-6,13-14H2,1-3H3,(H,24,26). The van der Waals surface area contributed by atoms with Gasteiger partial charge >= 0.3 is 0 Å². The maximum Gasteiger partial charge on any atom is 0.264 e. The van der Waals surface area contributed by atoms with E-state index >= 15 is 0 Å². The minimum Gasteiger partial charge on any atom is -0.497 e. The molecule has 0 spiro atoms. The van der Waals surface area contributed by atoms with Gasteiger partial charge in [-0.1, -0.05) is 0 Å². The molecule has 7 nitrogen and oxygen atoms in total. The summed E-state index contributed by atoms with van der Waals surface area (Å²) in [4.78, 5) is 13.2. The van der Waals surface area contributed by atoms with Crippen LogP contribution in [-0.2, 0) is 14.8 Å². The molecule has 0 fully saturated rings. The highest BCUT2D eigenvalue weighted by Gasteiger charge is 2.24. The summed E-state index contributed by atoms with van der Waals surface area (Å²) in [6.07, 6.45) is 0.753. The van der Waals surface area contributed by atoms with Crippen LogP contribution in [0.5, 0.6) is 5.75 Å². The lowest BCUT2D eigenvalue weighted by Gasteiger charge is -2.23. The molecule has 3 rings (SSSR count). The average molecular weight is 477 g/mol. The predicted octanol–water partition coefficient (Wildman–Crippen LogP) is 4.28. The van der Waals surface area contributed by atoms with Crippen LogP contribution in [0.4, 0.5) is 5.69 Å². The Morgan fingerprint density at radius 3 is 2.50 bits per heavy atom. The van der Waals surface area contributed by atoms with Crippen molar-refractivity contribution in [2.45, 2.75) is 25.2 Å². The van der Waals surface area contributed by atoms with Crippen molar-refractivity contribution in [3.05, 3.63) is 53.4 Å². The summed E-state index contributed by atoms with van der Waals surface area (Å²) in [5.41, 5.74) is 0.553. The van der Waals surface area contributed by atoms with Crippen LogP contribution in [0, 0.1) is 0 Å². The van der Waals surface area contributed by atoms with Gasteiger partial charge in [0.05, 0.1) is 22.6 Å². The van der Waals surface area contributed by atoms with Gasteiger partial charge in [-0.3, -0.25) is 9.10 Å². The largest absolute Gasteiger partial charge is 0.497 e. The number of hydrogen-bond donors (Lipinski definition) is 1. The van der Waals surface area contributed by atoms with Gasteiger partial charge in [0.15, 0.2) is 0 Å². The van der Waals surface area contributed by atoms with Gasteiger partial charge in [0, 0.05) is 31.0 Å². The van der Waals surface area contributed by atoms with E-state index in [0.717, 1.165) is 16.5 Å². The highest BCUT2D eigenvalue weighted by Crippen LogP contribution is 2.32. The van der Waals surface area contributed by atoms with Crippen LogP contribution >= 0.6 is 11.3 Å². The average Bonchev–Trinajstić information content (AvgIpc) is 3.23. The molecule has 0 aliphatic carbocycles. The summed E-state index contributed by atoms with van der Waals surface area (Å²) >= 11 is 1.38. The Labute approximate surface area is 193 Å². The van der Waals surface area contributed by atoms with Crippen LogP contribution in [0.1, 0.15) is 29.9 Å². The molecule has 1 amide bonds. The molecule has 0 atom stereocenters. The molecule has 9 heteroatoms. The molecule has 0 saturated carbocycles. The van der Waals surface area contributed by atoms with Crippen molar-refractivity contribution in [2.24, 2.45) is 0 Å². The summed E-state index contributed by atoms with van der Waals surface area (Å²) < 4.78 is 39.1. The fourth-order valence-electron chi connectivity index (χ4n) is 3.27. The van der Waals surface area contributed by atoms with Gasteiger partial charge in [0.1, 0.15) is 5.75 Å². The number of methoxy groups -OCH3 is 1. The first-order chi connectivity index (χ1) is 15.4. The van der Waals surface area contributed by atoms with Crippen LogP contribution in [0.25, 0.3) is 10.1 Å². The van der Waals surface area contributed by atoms with E-state index in [1.165, 1.54) is 34.9 Å². The van der Waals surface area contributed by atoms with Crippen LogP contribution in [0.3, 0.4) is 0 Å². The normalized spacial score (nSPS) is 11.5. The van der Waals surface area contributed by atoms with Crippen molar-refractivity contribution in [2.75, 3.05) is 37.7 Å². The first kappa shape index (κ1) is 24.0. The molecule has 0 unspecified atom stereocenters. The van der Waals surface area contributed by atoms with Gasteiger partial charge in [-0.05, 0) is 74.2 Å². The molecule has 172 valence electrons. The van der Waals surface area contributed by atoms with Crippen LogP contribution in [0.15, 0.2) is 53.4 Å². The van der Waals surface area contributed by atoms with Crippen LogP contribution in [0.2, 0.25) is 0 Å². The zero-order valence-corrected chi connectivity index (χ0v) is 20.1. The summed E-state index contributed by atoms with van der Waals surface area (Å²) in [5, 5.41) is 3.73. The molecule has 0 bridgehead atoms. The molecule has 0 aliphatic rings. The summed E-state index contributed by atoms with van der Waals surface area (Å²) in [6.45, 7) is 5.82. The number of thiophene rings is 1. The monoisotopic (exact) mass is 476 g/mol. The Kier molecular flexibility index (Phi) is 8.11. The van der Waals surface area contributed by atoms with E-state index in [2.05, 4.69) is 5.32 Å². The maximum atomic E-state index is 13.2. The van der Waals surface area contributed by atoms with Crippen LogP contribution < -0.4 is 14.4 Å². The Morgan fingerprint density at radius 1 is 1.09 bits per heavy atom. The minimum absolute atomic E-state index is 0.137. The molecule has 1 N–H and O–H groups in total. The quantitative estimate of drug-likeness (QED) is 0.418. The van der Waals surface area contributed by atoms with Gasteiger partial charge < -0.3 is 14.8 Å². The van der Waals surface area contributed by atoms with E-state index in [1.54, 1.807) is 31.2 Å². The van der Waals surface area contributed by atoms with Crippen molar-refractivity contribution in [1.29, 1.82) is 0 Å². The highest BCUT2D eigenvalue weighted by molar-refractivity contribution is 7.92. The van der Waals surface area contributed by atoms with E-state index < -0.39 is 10.0 Å². The fraction of sp³-hybridized carbons (Fsp3) is 0.348. The van der Waals surface area contributed by atoms with E-state index in [0.29, 0.717) is 36.1 Å². The third kappa shape index (κ3) is 5.40. The van der Waals surface area contributed by atoms with Crippen molar-refractivity contribution in [1.82, 2.24) is 5.32 Å². The molecular weight excluding hydrogens is 448 g/mol. The summed E-state index contributed by atoms with van der Waals surface area (Å²) in [7, 11) is -2.20. The Bertz CT molecular complexity index is 1160. The molecule has 3 aromatic rings. The minimum atomic E-state index is -3.74. The number of fused-ring (bicyclic) bond motifs is 1. The topological polar surface area (TPSA) is 84.9 Å². The number of anilines is 1. The van der Waals surface area contributed by atoms with Crippen molar-refractivity contribution in [3.8, 4) is 5.75 Å². The third-order valence-electron chi connectivity index (χ3n) is 4.90. The molecule has 0 radical (unpaired) electrons. The number of ether oxygens (including phenoxy) is 2. The van der Waals surface area contributed by atoms with E-state index in [9.17, 15) is 13.2 Å². The van der Waals surface area contributed by atoms with Gasteiger partial charge in [-0.15, -0.1) is 11.3 Å². The third-order valence-corrected chi connectivity index (χ3v) is 7.93. The van der Waals surface area contributed by atoms with Gasteiger partial charge in [-0.2, -0.15) is 0 Å². The van der Waals surface area contributed by atoms with Crippen LogP contribution in [-0.4, -0.2) is 47.7 Å². The zero-order valence-electron chi connectivity index (χ0n) is 18.5. The fourth-order valence-corrected chi connectivity index (χ4v) is 5.70. The number of rotatable bonds is 11. The molecule has 32 heavy (non-hydrogen) atoms. The van der Waals surface area contributed by atoms with E-state index in [1.807, 2.05) is 19.1 Å². The first-order valence-electron chi connectivity index (χ1n) is 10.5. The number of nitrogens with zero attached hydrogens (tertiary/aromatic N) is 1. The lowest BCUT2D eigenvalue weighted by atomic mass is 10.2. The molecular formula is C23H28N2O5S2. The molecule has 2 aromatic carbocycles. The second kappa shape index (κ2) is 10.8. The first-order valence-corrected chi connectivity index (χ1v) is 12.7. The summed E-state index contributed by atoms with van der Waals surface area (Å²) in [5.74, 6) is 0.456. The number of sulfonamides is 1. The van der Waals surface area contributed by atoms with Gasteiger partial charge in [0.2, 0.25) is 0 Å². The number of benzene rings is 2. The number of hydrogen-bond acceptors (Lipinski definition) is 6. The summed E-state index contributed by atoms with van der Waals surface area (Å²) in [6, 6.07) is 13.6. The lowest BCUT2D eigenvalue weighted by Crippen LogP contribution is -2.30. The number of nitrogens with one attached hydrogen (secondary N) is 1. The van der Waals surface area contributed by atoms with Crippen molar-refractivity contribution in [3.63, 3.8) is 0 Å². The zero-order chi connectivity index (χ0) is 23.1. The maximum absolute atomic E-state index is 13.2. The Balaban J connectivity index is 1.80. The SMILES string of the molecule is CCOCCCNC(=O)c1cc2cc(N(CC)S(=O)(=O)c3ccc(OC)cc3)ccc2s1. The molecule has 0 saturated heterocycles. The Morgan fingerprint density at radius 2 is 1.84 bits per heavy atom. The van der Waals surface area contributed by atoms with Gasteiger partial charge in [0.25, 0.3) is 15.9 Å². The number of amides is 1. The smallest absolute Gasteiger partial charge is 0.264 e. The van der Waals surface area contributed by atoms with Crippen molar-refractivity contribution < 1.29 is 22.7 Å². The van der Waals surface area contributed by atoms with Crippen molar-refractivity contribution >= 4 is 43.0 Å². The molecule has 1 heterocycles. The molecule has 0 aliphatic heterocycles. The number of carbonyl (C=O) groups is 1. The number of carbonyl (C=O) groups excluding carboxylic acids is 1. The Hall–Kier alpha value is -2.62. The van der Waals surface area contributed by atoms with E-state index in [4.69, 9.17) is 9.47 Å². The second-order valence-corrected chi connectivity index (χ2v) is 9.93. The lowest BCUT2D eigenvalue weighted by molar-refractivity contribution is 0.0948. The molecule has 1 aromatic heterocycles. The van der Waals surface area contributed by atoms with E-state index in [-0.39, 0.29) is 17.3 Å². The second-order valence-electron chi connectivity index (χ2n) is 6.98. The predicted molar refractivity (Wildman–Crippen MR) is 128 cm³/mol.